The predicted molar refractivity (Wildman–Crippen MR) is 111 cm³/mol. The van der Waals surface area contributed by atoms with Crippen LogP contribution in [0.4, 0.5) is 11.5 Å². The minimum Gasteiger partial charge on any atom is -0.494 e. The molecule has 0 saturated heterocycles. The first kappa shape index (κ1) is 19.6. The van der Waals surface area contributed by atoms with Gasteiger partial charge in [-0.2, -0.15) is 0 Å². The van der Waals surface area contributed by atoms with Crippen molar-refractivity contribution < 1.29 is 9.53 Å². The van der Waals surface area contributed by atoms with Crippen molar-refractivity contribution in [3.8, 4) is 5.75 Å². The van der Waals surface area contributed by atoms with Gasteiger partial charge in [0.25, 0.3) is 5.91 Å². The zero-order chi connectivity index (χ0) is 19.8. The van der Waals surface area contributed by atoms with Gasteiger partial charge >= 0.3 is 0 Å². The molecule has 0 radical (unpaired) electrons. The second kappa shape index (κ2) is 9.71. The summed E-state index contributed by atoms with van der Waals surface area (Å²) < 4.78 is 5.39. The molecule has 0 unspecified atom stereocenters. The van der Waals surface area contributed by atoms with Crippen LogP contribution in [0.3, 0.4) is 0 Å². The smallest absolute Gasteiger partial charge is 0.274 e. The van der Waals surface area contributed by atoms with Crippen LogP contribution in [0, 0.1) is 0 Å². The molecule has 28 heavy (non-hydrogen) atoms. The zero-order valence-electron chi connectivity index (χ0n) is 15.5. The number of halogens is 1. The van der Waals surface area contributed by atoms with Crippen molar-refractivity contribution >= 4 is 29.0 Å². The fourth-order valence-corrected chi connectivity index (χ4v) is 2.81. The Morgan fingerprint density at radius 2 is 1.93 bits per heavy atom. The third-order valence-electron chi connectivity index (χ3n) is 3.93. The number of carbonyl (C=O) groups is 1. The summed E-state index contributed by atoms with van der Waals surface area (Å²) in [5.41, 5.74) is 2.08. The van der Waals surface area contributed by atoms with Gasteiger partial charge in [0.05, 0.1) is 6.61 Å². The zero-order valence-corrected chi connectivity index (χ0v) is 16.2. The van der Waals surface area contributed by atoms with Crippen LogP contribution in [-0.2, 0) is 6.42 Å². The number of hydrogen-bond acceptors (Lipinski definition) is 5. The Labute approximate surface area is 168 Å². The number of benzene rings is 2. The first-order valence-electron chi connectivity index (χ1n) is 8.98. The van der Waals surface area contributed by atoms with Crippen molar-refractivity contribution in [2.24, 2.45) is 0 Å². The number of aromatic nitrogens is 2. The summed E-state index contributed by atoms with van der Waals surface area (Å²) in [7, 11) is 0. The highest BCUT2D eigenvalue weighted by molar-refractivity contribution is 6.30. The van der Waals surface area contributed by atoms with Crippen molar-refractivity contribution in [2.75, 3.05) is 23.8 Å². The highest BCUT2D eigenvalue weighted by Gasteiger charge is 2.09. The van der Waals surface area contributed by atoms with Gasteiger partial charge in [0.1, 0.15) is 23.6 Å². The van der Waals surface area contributed by atoms with E-state index >= 15 is 0 Å². The maximum atomic E-state index is 12.4. The Morgan fingerprint density at radius 3 is 2.68 bits per heavy atom. The molecule has 1 amide bonds. The monoisotopic (exact) mass is 396 g/mol. The molecule has 0 aliphatic heterocycles. The molecule has 0 aliphatic carbocycles. The number of hydrogen-bond donors (Lipinski definition) is 2. The standard InChI is InChI=1S/C21H21ClN4O2/c1-2-28-18-8-6-17(7-9-18)26-21(27)19-13-20(25-14-24-19)23-11-10-15-4-3-5-16(22)12-15/h3-9,12-14H,2,10-11H2,1H3,(H,26,27)(H,23,24,25). The molecular weight excluding hydrogens is 376 g/mol. The van der Waals surface area contributed by atoms with Gasteiger partial charge in [-0.1, -0.05) is 23.7 Å². The van der Waals surface area contributed by atoms with Gasteiger partial charge in [-0.25, -0.2) is 9.97 Å². The largest absolute Gasteiger partial charge is 0.494 e. The Balaban J connectivity index is 1.56. The number of nitrogens with zero attached hydrogens (tertiary/aromatic N) is 2. The maximum absolute atomic E-state index is 12.4. The summed E-state index contributed by atoms with van der Waals surface area (Å²) in [6, 6.07) is 16.5. The van der Waals surface area contributed by atoms with Crippen LogP contribution < -0.4 is 15.4 Å². The third kappa shape index (κ3) is 5.69. The average molecular weight is 397 g/mol. The molecule has 7 heteroatoms. The topological polar surface area (TPSA) is 76.1 Å². The fraction of sp³-hybridized carbons (Fsp3) is 0.190. The lowest BCUT2D eigenvalue weighted by molar-refractivity contribution is 0.102. The van der Waals surface area contributed by atoms with Gasteiger partial charge in [-0.15, -0.1) is 0 Å². The summed E-state index contributed by atoms with van der Waals surface area (Å²) in [6.07, 6.45) is 2.16. The quantitative estimate of drug-likeness (QED) is 0.588. The Morgan fingerprint density at radius 1 is 1.11 bits per heavy atom. The van der Waals surface area contributed by atoms with E-state index in [1.165, 1.54) is 6.33 Å². The molecule has 6 nitrogen and oxygen atoms in total. The van der Waals surface area contributed by atoms with Crippen LogP contribution in [-0.4, -0.2) is 29.0 Å². The molecule has 144 valence electrons. The first-order chi connectivity index (χ1) is 13.6. The molecule has 2 N–H and O–H groups in total. The van der Waals surface area contributed by atoms with E-state index in [2.05, 4.69) is 20.6 Å². The highest BCUT2D eigenvalue weighted by Crippen LogP contribution is 2.17. The van der Waals surface area contributed by atoms with E-state index < -0.39 is 0 Å². The minimum absolute atomic E-state index is 0.286. The SMILES string of the molecule is CCOc1ccc(NC(=O)c2cc(NCCc3cccc(Cl)c3)ncn2)cc1. The van der Waals surface area contributed by atoms with Crippen LogP contribution in [0.15, 0.2) is 60.9 Å². The van der Waals surface area contributed by atoms with Crippen molar-refractivity contribution in [1.82, 2.24) is 9.97 Å². The number of amides is 1. The van der Waals surface area contributed by atoms with Gasteiger partial charge in [0.2, 0.25) is 0 Å². The van der Waals surface area contributed by atoms with E-state index in [1.54, 1.807) is 18.2 Å². The number of ether oxygens (including phenoxy) is 1. The van der Waals surface area contributed by atoms with Crippen LogP contribution in [0.25, 0.3) is 0 Å². The van der Waals surface area contributed by atoms with Gasteiger partial charge < -0.3 is 15.4 Å². The van der Waals surface area contributed by atoms with E-state index in [4.69, 9.17) is 16.3 Å². The molecule has 0 spiro atoms. The normalized spacial score (nSPS) is 10.4. The molecule has 1 aromatic heterocycles. The van der Waals surface area contributed by atoms with Crippen LogP contribution in [0.2, 0.25) is 5.02 Å². The molecule has 0 bridgehead atoms. The number of nitrogens with one attached hydrogen (secondary N) is 2. The summed E-state index contributed by atoms with van der Waals surface area (Å²) in [5, 5.41) is 6.73. The Kier molecular flexibility index (Phi) is 6.81. The molecule has 0 fully saturated rings. The lowest BCUT2D eigenvalue weighted by Gasteiger charge is -2.09. The third-order valence-corrected chi connectivity index (χ3v) is 4.17. The van der Waals surface area contributed by atoms with E-state index in [0.29, 0.717) is 29.7 Å². The van der Waals surface area contributed by atoms with Crippen molar-refractivity contribution in [1.29, 1.82) is 0 Å². The lowest BCUT2D eigenvalue weighted by Crippen LogP contribution is -2.15. The van der Waals surface area contributed by atoms with Gasteiger partial charge in [0.15, 0.2) is 0 Å². The highest BCUT2D eigenvalue weighted by atomic mass is 35.5. The van der Waals surface area contributed by atoms with Gasteiger partial charge in [-0.3, -0.25) is 4.79 Å². The molecule has 0 aliphatic rings. The second-order valence-electron chi connectivity index (χ2n) is 6.01. The molecular formula is C21H21ClN4O2. The molecule has 3 aromatic rings. The average Bonchev–Trinajstić information content (AvgIpc) is 2.70. The number of carbonyl (C=O) groups excluding carboxylic acids is 1. The summed E-state index contributed by atoms with van der Waals surface area (Å²) >= 11 is 5.99. The Bertz CT molecular complexity index is 932. The van der Waals surface area contributed by atoms with E-state index in [1.807, 2.05) is 43.3 Å². The number of rotatable bonds is 8. The van der Waals surface area contributed by atoms with Gasteiger partial charge in [-0.05, 0) is 55.3 Å². The van der Waals surface area contributed by atoms with Crippen LogP contribution in [0.5, 0.6) is 5.75 Å². The maximum Gasteiger partial charge on any atom is 0.274 e. The summed E-state index contributed by atoms with van der Waals surface area (Å²) in [6.45, 7) is 3.18. The fourth-order valence-electron chi connectivity index (χ4n) is 2.60. The van der Waals surface area contributed by atoms with Crippen molar-refractivity contribution in [2.45, 2.75) is 13.3 Å². The molecule has 0 atom stereocenters. The lowest BCUT2D eigenvalue weighted by atomic mass is 10.1. The van der Waals surface area contributed by atoms with E-state index in [0.717, 1.165) is 17.7 Å². The first-order valence-corrected chi connectivity index (χ1v) is 9.36. The van der Waals surface area contributed by atoms with E-state index in [-0.39, 0.29) is 11.6 Å². The predicted octanol–water partition coefficient (Wildman–Crippen LogP) is 4.44. The number of anilines is 2. The summed E-state index contributed by atoms with van der Waals surface area (Å²) in [4.78, 5) is 20.7. The van der Waals surface area contributed by atoms with Crippen molar-refractivity contribution in [3.05, 3.63) is 77.2 Å². The molecule has 1 heterocycles. The van der Waals surface area contributed by atoms with Crippen LogP contribution >= 0.6 is 11.6 Å². The van der Waals surface area contributed by atoms with E-state index in [9.17, 15) is 4.79 Å². The summed E-state index contributed by atoms with van der Waals surface area (Å²) in [5.74, 6) is 1.05. The second-order valence-corrected chi connectivity index (χ2v) is 6.44. The molecule has 2 aromatic carbocycles. The molecule has 3 rings (SSSR count). The Hall–Kier alpha value is -3.12. The van der Waals surface area contributed by atoms with Crippen LogP contribution in [0.1, 0.15) is 23.0 Å². The van der Waals surface area contributed by atoms with Gasteiger partial charge in [0, 0.05) is 23.3 Å². The van der Waals surface area contributed by atoms with Crippen molar-refractivity contribution in [3.63, 3.8) is 0 Å². The molecule has 0 saturated carbocycles. The minimum atomic E-state index is -0.301.